The maximum absolute atomic E-state index is 4.31. The molecule has 0 radical (unpaired) electrons. The number of nitrogens with zero attached hydrogens (tertiary/aromatic N) is 4. The Labute approximate surface area is 95.6 Å². The number of hydrogen-bond donors (Lipinski definition) is 1. The first-order chi connectivity index (χ1) is 7.28. The topological polar surface area (TPSA) is 63.6 Å². The minimum atomic E-state index is 0.627. The molecule has 2 rings (SSSR count). The summed E-state index contributed by atoms with van der Waals surface area (Å²) in [7, 11) is 1.80. The van der Waals surface area contributed by atoms with Gasteiger partial charge in [-0.2, -0.15) is 4.37 Å². The van der Waals surface area contributed by atoms with Gasteiger partial charge in [0.25, 0.3) is 0 Å². The van der Waals surface area contributed by atoms with E-state index in [2.05, 4.69) is 24.6 Å². The first kappa shape index (κ1) is 10.3. The Hall–Kier alpha value is -1.21. The van der Waals surface area contributed by atoms with E-state index in [9.17, 15) is 0 Å². The zero-order chi connectivity index (χ0) is 10.7. The smallest absolute Gasteiger partial charge is 0.223 e. The van der Waals surface area contributed by atoms with Gasteiger partial charge in [-0.05, 0) is 36.3 Å². The molecule has 2 heterocycles. The summed E-state index contributed by atoms with van der Waals surface area (Å²) in [5.41, 5.74) is 0.932. The maximum atomic E-state index is 4.31. The number of rotatable bonds is 3. The van der Waals surface area contributed by atoms with Crippen molar-refractivity contribution in [2.24, 2.45) is 0 Å². The summed E-state index contributed by atoms with van der Waals surface area (Å²) in [6.45, 7) is 1.94. The second-order valence-electron chi connectivity index (χ2n) is 2.73. The predicted octanol–water partition coefficient (Wildman–Crippen LogP) is 1.83. The van der Waals surface area contributed by atoms with Crippen LogP contribution in [0, 0.1) is 6.92 Å². The highest BCUT2D eigenvalue weighted by Gasteiger charge is 2.05. The van der Waals surface area contributed by atoms with Crippen LogP contribution in [0.25, 0.3) is 0 Å². The van der Waals surface area contributed by atoms with Crippen LogP contribution < -0.4 is 5.32 Å². The Kier molecular flexibility index (Phi) is 3.12. The predicted molar refractivity (Wildman–Crippen MR) is 60.3 cm³/mol. The van der Waals surface area contributed by atoms with E-state index >= 15 is 0 Å². The summed E-state index contributed by atoms with van der Waals surface area (Å²) in [5.74, 6) is 0.627. The molecule has 0 aliphatic heterocycles. The van der Waals surface area contributed by atoms with Crippen LogP contribution in [0.5, 0.6) is 0 Å². The fraction of sp³-hybridized carbons (Fsp3) is 0.250. The molecule has 0 saturated carbocycles. The lowest BCUT2D eigenvalue weighted by atomic mass is 10.5. The Morgan fingerprint density at radius 1 is 1.40 bits per heavy atom. The highest BCUT2D eigenvalue weighted by atomic mass is 32.2. The van der Waals surface area contributed by atoms with Crippen molar-refractivity contribution in [3.63, 3.8) is 0 Å². The fourth-order valence-corrected chi connectivity index (χ4v) is 2.45. The number of hydrogen-bond acceptors (Lipinski definition) is 7. The zero-order valence-electron chi connectivity index (χ0n) is 8.26. The van der Waals surface area contributed by atoms with Gasteiger partial charge in [0.1, 0.15) is 11.4 Å². The normalized spacial score (nSPS) is 10.3. The van der Waals surface area contributed by atoms with Crippen LogP contribution in [0.2, 0.25) is 0 Å². The van der Waals surface area contributed by atoms with Crippen molar-refractivity contribution in [3.8, 4) is 0 Å². The van der Waals surface area contributed by atoms with Gasteiger partial charge in [0.15, 0.2) is 4.34 Å². The highest BCUT2D eigenvalue weighted by Crippen LogP contribution is 2.27. The highest BCUT2D eigenvalue weighted by molar-refractivity contribution is 8.00. The SMILES string of the molecule is CNc1nc(C)cc(Sc2ncns2)n1. The van der Waals surface area contributed by atoms with Crippen molar-refractivity contribution >= 4 is 29.2 Å². The quantitative estimate of drug-likeness (QED) is 0.824. The summed E-state index contributed by atoms with van der Waals surface area (Å²) in [5, 5.41) is 3.80. The van der Waals surface area contributed by atoms with Crippen LogP contribution in [0.3, 0.4) is 0 Å². The molecule has 78 valence electrons. The molecule has 0 bridgehead atoms. The van der Waals surface area contributed by atoms with Crippen molar-refractivity contribution in [3.05, 3.63) is 18.1 Å². The lowest BCUT2D eigenvalue weighted by Crippen LogP contribution is -1.98. The van der Waals surface area contributed by atoms with E-state index in [1.807, 2.05) is 13.0 Å². The molecule has 0 aliphatic rings. The van der Waals surface area contributed by atoms with Gasteiger partial charge in [-0.3, -0.25) is 0 Å². The van der Waals surface area contributed by atoms with Gasteiger partial charge in [0.05, 0.1) is 0 Å². The monoisotopic (exact) mass is 239 g/mol. The summed E-state index contributed by atoms with van der Waals surface area (Å²) in [4.78, 5) is 12.6. The third-order valence-electron chi connectivity index (χ3n) is 1.59. The van der Waals surface area contributed by atoms with Gasteiger partial charge in [0, 0.05) is 12.7 Å². The Balaban J connectivity index is 2.24. The van der Waals surface area contributed by atoms with E-state index in [4.69, 9.17) is 0 Å². The lowest BCUT2D eigenvalue weighted by Gasteiger charge is -2.02. The fourth-order valence-electron chi connectivity index (χ4n) is 1.00. The number of aromatic nitrogens is 4. The average Bonchev–Trinajstić information content (AvgIpc) is 2.69. The summed E-state index contributed by atoms with van der Waals surface area (Å²) in [6.07, 6.45) is 1.54. The van der Waals surface area contributed by atoms with Crippen LogP contribution in [0.1, 0.15) is 5.69 Å². The molecule has 5 nitrogen and oxygen atoms in total. The second-order valence-corrected chi connectivity index (χ2v) is 4.78. The van der Waals surface area contributed by atoms with Crippen LogP contribution in [-0.2, 0) is 0 Å². The molecule has 0 saturated heterocycles. The first-order valence-electron chi connectivity index (χ1n) is 4.26. The third kappa shape index (κ3) is 2.63. The molecule has 0 spiro atoms. The van der Waals surface area contributed by atoms with E-state index in [1.165, 1.54) is 23.3 Å². The maximum Gasteiger partial charge on any atom is 0.223 e. The van der Waals surface area contributed by atoms with Crippen LogP contribution in [0.15, 0.2) is 21.8 Å². The molecule has 0 aromatic carbocycles. The molecule has 15 heavy (non-hydrogen) atoms. The number of aryl methyl sites for hydroxylation is 1. The van der Waals surface area contributed by atoms with Gasteiger partial charge < -0.3 is 5.32 Å². The molecule has 0 aliphatic carbocycles. The van der Waals surface area contributed by atoms with Gasteiger partial charge >= 0.3 is 0 Å². The van der Waals surface area contributed by atoms with Gasteiger partial charge in [-0.15, -0.1) is 0 Å². The Bertz CT molecular complexity index is 442. The lowest BCUT2D eigenvalue weighted by molar-refractivity contribution is 1.01. The first-order valence-corrected chi connectivity index (χ1v) is 5.85. The number of anilines is 1. The van der Waals surface area contributed by atoms with Crippen molar-refractivity contribution in [1.29, 1.82) is 0 Å². The van der Waals surface area contributed by atoms with Crippen molar-refractivity contribution in [1.82, 2.24) is 19.3 Å². The Morgan fingerprint density at radius 3 is 2.93 bits per heavy atom. The van der Waals surface area contributed by atoms with E-state index in [0.717, 1.165) is 15.1 Å². The average molecular weight is 239 g/mol. The number of nitrogens with one attached hydrogen (secondary N) is 1. The van der Waals surface area contributed by atoms with Gasteiger partial charge in [-0.25, -0.2) is 15.0 Å². The largest absolute Gasteiger partial charge is 0.357 e. The van der Waals surface area contributed by atoms with E-state index in [0.29, 0.717) is 5.95 Å². The van der Waals surface area contributed by atoms with Crippen LogP contribution in [0.4, 0.5) is 5.95 Å². The molecule has 0 amide bonds. The van der Waals surface area contributed by atoms with Gasteiger partial charge in [0.2, 0.25) is 5.95 Å². The molecule has 0 atom stereocenters. The van der Waals surface area contributed by atoms with E-state index in [-0.39, 0.29) is 0 Å². The van der Waals surface area contributed by atoms with Crippen molar-refractivity contribution in [2.45, 2.75) is 16.3 Å². The minimum absolute atomic E-state index is 0.627. The van der Waals surface area contributed by atoms with Crippen LogP contribution >= 0.6 is 23.3 Å². The molecule has 1 N–H and O–H groups in total. The molecule has 0 fully saturated rings. The molecular weight excluding hydrogens is 230 g/mol. The van der Waals surface area contributed by atoms with E-state index < -0.39 is 0 Å². The second kappa shape index (κ2) is 4.54. The van der Waals surface area contributed by atoms with Gasteiger partial charge in [-0.1, -0.05) is 0 Å². The van der Waals surface area contributed by atoms with Crippen molar-refractivity contribution < 1.29 is 0 Å². The Morgan fingerprint density at radius 2 is 2.27 bits per heavy atom. The van der Waals surface area contributed by atoms with Crippen molar-refractivity contribution in [2.75, 3.05) is 12.4 Å². The molecule has 2 aromatic rings. The molecule has 0 unspecified atom stereocenters. The molecular formula is C8H9N5S2. The summed E-state index contributed by atoms with van der Waals surface area (Å²) >= 11 is 2.85. The standard InChI is InChI=1S/C8H9N5S2/c1-5-3-6(13-7(9-2)12-5)14-8-10-4-11-15-8/h3-4H,1-2H3,(H,9,12,13). The third-order valence-corrected chi connectivity index (χ3v) is 3.22. The molecule has 2 aromatic heterocycles. The van der Waals surface area contributed by atoms with E-state index in [1.54, 1.807) is 13.4 Å². The van der Waals surface area contributed by atoms with Crippen LogP contribution in [-0.4, -0.2) is 26.4 Å². The minimum Gasteiger partial charge on any atom is -0.357 e. The summed E-state index contributed by atoms with van der Waals surface area (Å²) < 4.78 is 4.82. The zero-order valence-corrected chi connectivity index (χ0v) is 9.89. The summed E-state index contributed by atoms with van der Waals surface area (Å²) in [6, 6.07) is 1.92. The molecule has 7 heteroatoms.